The third-order valence-corrected chi connectivity index (χ3v) is 11.4. The van der Waals surface area contributed by atoms with Crippen LogP contribution in [0.1, 0.15) is 54.2 Å². The summed E-state index contributed by atoms with van der Waals surface area (Å²) in [6.07, 6.45) is -1.47. The van der Waals surface area contributed by atoms with Crippen molar-refractivity contribution in [1.29, 1.82) is 0 Å². The van der Waals surface area contributed by atoms with E-state index < -0.39 is 11.7 Å². The molecule has 12 heteroatoms. The standard InChI is InChI=1S/C38H51F3N4O5/c1-42(2)36(46)26-11-15-43(16-12-26)35-19-28(38(39,40)41)7-10-31(35)33-22-45(20-27(33)24-48-3)37(47)34-23-44(29-13-17-50-18-14-29)21-32(34)25-5-8-30(49-4)9-6-25/h5-10,19,26-27,29,32-34H,11-18,20-24H2,1-4H3/t27-,32+,33+,34-/m1/s1. The number of benzene rings is 2. The largest absolute Gasteiger partial charge is 0.497 e. The summed E-state index contributed by atoms with van der Waals surface area (Å²) in [6.45, 7) is 5.10. The number of nitrogens with zero attached hydrogens (tertiary/aromatic N) is 4. The smallest absolute Gasteiger partial charge is 0.416 e. The van der Waals surface area contributed by atoms with Crippen molar-refractivity contribution in [2.75, 3.05) is 92.3 Å². The van der Waals surface area contributed by atoms with Gasteiger partial charge in [0.05, 0.1) is 25.2 Å². The van der Waals surface area contributed by atoms with Crippen LogP contribution < -0.4 is 9.64 Å². The molecule has 50 heavy (non-hydrogen) atoms. The zero-order valence-electron chi connectivity index (χ0n) is 29.7. The van der Waals surface area contributed by atoms with E-state index in [2.05, 4.69) is 17.0 Å². The topological polar surface area (TPSA) is 74.8 Å². The van der Waals surface area contributed by atoms with Crippen molar-refractivity contribution in [2.45, 2.75) is 49.7 Å². The number of carbonyl (C=O) groups excluding carboxylic acids is 2. The van der Waals surface area contributed by atoms with Gasteiger partial charge in [-0.1, -0.05) is 18.2 Å². The highest BCUT2D eigenvalue weighted by molar-refractivity contribution is 5.81. The molecule has 4 atom stereocenters. The second kappa shape index (κ2) is 15.5. The summed E-state index contributed by atoms with van der Waals surface area (Å²) in [4.78, 5) is 35.3. The molecule has 274 valence electrons. The number of hydrogen-bond donors (Lipinski definition) is 0. The Bertz CT molecular complexity index is 1470. The van der Waals surface area contributed by atoms with Crippen LogP contribution in [0.25, 0.3) is 0 Å². The van der Waals surface area contributed by atoms with Gasteiger partial charge in [-0.25, -0.2) is 0 Å². The van der Waals surface area contributed by atoms with Gasteiger partial charge < -0.3 is 28.9 Å². The molecule has 0 aliphatic carbocycles. The zero-order chi connectivity index (χ0) is 35.6. The van der Waals surface area contributed by atoms with E-state index in [4.69, 9.17) is 14.2 Å². The lowest BCUT2D eigenvalue weighted by atomic mass is 9.86. The maximum atomic E-state index is 14.7. The van der Waals surface area contributed by atoms with Gasteiger partial charge in [0.1, 0.15) is 5.75 Å². The van der Waals surface area contributed by atoms with E-state index in [0.717, 1.165) is 55.5 Å². The third kappa shape index (κ3) is 7.77. The molecule has 4 aliphatic rings. The van der Waals surface area contributed by atoms with Crippen molar-refractivity contribution < 1.29 is 37.0 Å². The van der Waals surface area contributed by atoms with E-state index in [-0.39, 0.29) is 41.4 Å². The van der Waals surface area contributed by atoms with E-state index in [1.54, 1.807) is 39.3 Å². The van der Waals surface area contributed by atoms with Gasteiger partial charge in [-0.3, -0.25) is 14.5 Å². The van der Waals surface area contributed by atoms with Crippen LogP contribution in [0.4, 0.5) is 18.9 Å². The summed E-state index contributed by atoms with van der Waals surface area (Å²) < 4.78 is 58.9. The Balaban J connectivity index is 1.27. The van der Waals surface area contributed by atoms with Crippen LogP contribution in [-0.2, 0) is 25.2 Å². The molecule has 4 fully saturated rings. The quantitative estimate of drug-likeness (QED) is 0.361. The molecule has 2 amide bonds. The van der Waals surface area contributed by atoms with Crippen LogP contribution in [0.2, 0.25) is 0 Å². The first-order chi connectivity index (χ1) is 24.0. The molecule has 6 rings (SSSR count). The van der Waals surface area contributed by atoms with Crippen molar-refractivity contribution in [3.8, 4) is 5.75 Å². The summed E-state index contributed by atoms with van der Waals surface area (Å²) in [6, 6.07) is 12.4. The Labute approximate surface area is 293 Å². The van der Waals surface area contributed by atoms with Gasteiger partial charge >= 0.3 is 6.18 Å². The molecule has 0 saturated carbocycles. The molecule has 0 radical (unpaired) electrons. The summed E-state index contributed by atoms with van der Waals surface area (Å²) >= 11 is 0. The van der Waals surface area contributed by atoms with Crippen molar-refractivity contribution in [2.24, 2.45) is 17.8 Å². The molecular formula is C38H51F3N4O5. The Morgan fingerprint density at radius 1 is 0.900 bits per heavy atom. The number of carbonyl (C=O) groups is 2. The van der Waals surface area contributed by atoms with Crippen molar-refractivity contribution >= 4 is 17.5 Å². The highest BCUT2D eigenvalue weighted by Gasteiger charge is 2.46. The maximum absolute atomic E-state index is 14.7. The lowest BCUT2D eigenvalue weighted by Crippen LogP contribution is -2.41. The molecule has 0 spiro atoms. The Hall–Kier alpha value is -3.35. The summed E-state index contributed by atoms with van der Waals surface area (Å²) in [5.41, 5.74) is 1.75. The number of ether oxygens (including phenoxy) is 3. The van der Waals surface area contributed by atoms with E-state index in [1.165, 1.54) is 6.07 Å². The predicted molar refractivity (Wildman–Crippen MR) is 184 cm³/mol. The van der Waals surface area contributed by atoms with Crippen molar-refractivity contribution in [3.63, 3.8) is 0 Å². The fourth-order valence-electron chi connectivity index (χ4n) is 8.68. The lowest BCUT2D eigenvalue weighted by Gasteiger charge is -2.36. The Kier molecular flexibility index (Phi) is 11.3. The number of methoxy groups -OCH3 is 2. The van der Waals surface area contributed by atoms with Gasteiger partial charge in [-0.2, -0.15) is 13.2 Å². The van der Waals surface area contributed by atoms with Gasteiger partial charge in [0.15, 0.2) is 0 Å². The van der Waals surface area contributed by atoms with Crippen LogP contribution in [0.3, 0.4) is 0 Å². The van der Waals surface area contributed by atoms with Crippen molar-refractivity contribution in [1.82, 2.24) is 14.7 Å². The first kappa shape index (κ1) is 36.4. The average molecular weight is 701 g/mol. The fraction of sp³-hybridized carbons (Fsp3) is 0.632. The number of alkyl halides is 3. The minimum Gasteiger partial charge on any atom is -0.497 e. The molecule has 0 N–H and O–H groups in total. The van der Waals surface area contributed by atoms with E-state index in [9.17, 15) is 22.8 Å². The number of amides is 2. The highest BCUT2D eigenvalue weighted by Crippen LogP contribution is 2.44. The molecule has 2 aromatic carbocycles. The van der Waals surface area contributed by atoms with Crippen LogP contribution >= 0.6 is 0 Å². The SMILES string of the molecule is COC[C@H]1CN(C(=O)[C@@H]2CN(C3CCOCC3)C[C@H]2c2ccc(OC)cc2)C[C@@H]1c1ccc(C(F)(F)F)cc1N1CCC(C(=O)N(C)C)CC1. The number of likely N-dealkylation sites (tertiary alicyclic amines) is 2. The average Bonchev–Trinajstić information content (AvgIpc) is 3.76. The highest BCUT2D eigenvalue weighted by atomic mass is 19.4. The number of hydrogen-bond acceptors (Lipinski definition) is 7. The first-order valence-corrected chi connectivity index (χ1v) is 17.9. The molecular weight excluding hydrogens is 649 g/mol. The van der Waals surface area contributed by atoms with Crippen LogP contribution in [0.15, 0.2) is 42.5 Å². The fourth-order valence-corrected chi connectivity index (χ4v) is 8.68. The minimum absolute atomic E-state index is 0.00368. The maximum Gasteiger partial charge on any atom is 0.416 e. The summed E-state index contributed by atoms with van der Waals surface area (Å²) in [5, 5.41) is 0. The number of rotatable bonds is 9. The van der Waals surface area contributed by atoms with Crippen LogP contribution in [-0.4, -0.2) is 120 Å². The van der Waals surface area contributed by atoms with Gasteiger partial charge in [0.25, 0.3) is 0 Å². The normalized spacial score (nSPS) is 25.7. The molecule has 0 aromatic heterocycles. The summed E-state index contributed by atoms with van der Waals surface area (Å²) in [7, 11) is 6.73. The first-order valence-electron chi connectivity index (χ1n) is 17.9. The van der Waals surface area contributed by atoms with E-state index in [0.29, 0.717) is 63.9 Å². The monoisotopic (exact) mass is 700 g/mol. The minimum atomic E-state index is -4.49. The second-order valence-corrected chi connectivity index (χ2v) is 14.6. The van der Waals surface area contributed by atoms with E-state index in [1.807, 2.05) is 21.9 Å². The number of piperidine rings is 1. The van der Waals surface area contributed by atoms with Gasteiger partial charge in [-0.05, 0) is 61.1 Å². The zero-order valence-corrected chi connectivity index (χ0v) is 29.7. The molecule has 4 saturated heterocycles. The van der Waals surface area contributed by atoms with Crippen LogP contribution in [0.5, 0.6) is 5.75 Å². The summed E-state index contributed by atoms with van der Waals surface area (Å²) in [5.74, 6) is 0.209. The van der Waals surface area contributed by atoms with Gasteiger partial charge in [0, 0.05) is 109 Å². The Morgan fingerprint density at radius 3 is 2.22 bits per heavy atom. The molecule has 2 aromatic rings. The second-order valence-electron chi connectivity index (χ2n) is 14.6. The lowest BCUT2D eigenvalue weighted by molar-refractivity contribution is -0.137. The predicted octanol–water partition coefficient (Wildman–Crippen LogP) is 5.10. The van der Waals surface area contributed by atoms with Crippen LogP contribution in [0, 0.1) is 17.8 Å². The molecule has 4 heterocycles. The van der Waals surface area contributed by atoms with Gasteiger partial charge in [0.2, 0.25) is 11.8 Å². The van der Waals surface area contributed by atoms with E-state index >= 15 is 0 Å². The molecule has 0 unspecified atom stereocenters. The van der Waals surface area contributed by atoms with Crippen molar-refractivity contribution in [3.05, 3.63) is 59.2 Å². The molecule has 9 nitrogen and oxygen atoms in total. The molecule has 4 aliphatic heterocycles. The molecule has 0 bridgehead atoms. The number of halogens is 3. The Morgan fingerprint density at radius 2 is 1.60 bits per heavy atom. The third-order valence-electron chi connectivity index (χ3n) is 11.4. The van der Waals surface area contributed by atoms with Gasteiger partial charge in [-0.15, -0.1) is 0 Å². The number of anilines is 1.